The molecule has 0 spiro atoms. The van der Waals surface area contributed by atoms with Crippen LogP contribution < -0.4 is 11.1 Å². The number of nitrogens with zero attached hydrogens (tertiary/aromatic N) is 2. The van der Waals surface area contributed by atoms with Crippen LogP contribution >= 0.6 is 0 Å². The molecule has 1 amide bonds. The van der Waals surface area contributed by atoms with Crippen molar-refractivity contribution >= 4 is 5.91 Å². The number of primary amides is 1. The first-order chi connectivity index (χ1) is 7.54. The number of amides is 1. The van der Waals surface area contributed by atoms with Crippen LogP contribution in [0, 0.1) is 0 Å². The highest BCUT2D eigenvalue weighted by Gasteiger charge is 2.19. The Balaban J connectivity index is 2.80. The first-order valence-electron chi connectivity index (χ1n) is 5.62. The van der Waals surface area contributed by atoms with E-state index in [1.807, 2.05) is 24.7 Å². The zero-order valence-electron chi connectivity index (χ0n) is 10.1. The van der Waals surface area contributed by atoms with E-state index in [1.165, 1.54) is 0 Å². The molecule has 90 valence electrons. The van der Waals surface area contributed by atoms with Crippen molar-refractivity contribution in [3.8, 4) is 0 Å². The van der Waals surface area contributed by atoms with Crippen molar-refractivity contribution in [3.05, 3.63) is 18.0 Å². The minimum absolute atomic E-state index is 0.201. The molecule has 0 radical (unpaired) electrons. The predicted octanol–water partition coefficient (Wildman–Crippen LogP) is 0.817. The summed E-state index contributed by atoms with van der Waals surface area (Å²) in [5.74, 6) is -0.371. The van der Waals surface area contributed by atoms with Gasteiger partial charge in [-0.15, -0.1) is 0 Å². The smallest absolute Gasteiger partial charge is 0.239 e. The number of carbonyl (C=O) groups excluding carboxylic acids is 1. The lowest BCUT2D eigenvalue weighted by Crippen LogP contribution is -2.37. The second kappa shape index (κ2) is 5.65. The number of hydrogen-bond acceptors (Lipinski definition) is 3. The van der Waals surface area contributed by atoms with Crippen molar-refractivity contribution in [1.82, 2.24) is 15.1 Å². The molecule has 1 atom stereocenters. The van der Waals surface area contributed by atoms with Gasteiger partial charge in [-0.25, -0.2) is 0 Å². The monoisotopic (exact) mass is 224 g/mol. The van der Waals surface area contributed by atoms with E-state index in [0.717, 1.165) is 18.5 Å². The largest absolute Gasteiger partial charge is 0.368 e. The van der Waals surface area contributed by atoms with Crippen LogP contribution in [0.3, 0.4) is 0 Å². The summed E-state index contributed by atoms with van der Waals surface area (Å²) in [4.78, 5) is 11.3. The van der Waals surface area contributed by atoms with Crippen LogP contribution in [0.4, 0.5) is 0 Å². The molecule has 1 unspecified atom stereocenters. The summed E-state index contributed by atoms with van der Waals surface area (Å²) in [5, 5.41) is 7.31. The van der Waals surface area contributed by atoms with Crippen LogP contribution in [0.25, 0.3) is 0 Å². The van der Waals surface area contributed by atoms with E-state index < -0.39 is 6.04 Å². The zero-order valence-corrected chi connectivity index (χ0v) is 10.1. The minimum Gasteiger partial charge on any atom is -0.368 e. The molecule has 0 aliphatic carbocycles. The summed E-state index contributed by atoms with van der Waals surface area (Å²) in [7, 11) is 0. The molecule has 3 N–H and O–H groups in total. The quantitative estimate of drug-likeness (QED) is 0.751. The van der Waals surface area contributed by atoms with Crippen LogP contribution in [0.2, 0.25) is 0 Å². The Morgan fingerprint density at radius 1 is 1.62 bits per heavy atom. The van der Waals surface area contributed by atoms with Gasteiger partial charge in [0.2, 0.25) is 5.91 Å². The van der Waals surface area contributed by atoms with Crippen molar-refractivity contribution in [2.45, 2.75) is 45.8 Å². The van der Waals surface area contributed by atoms with Gasteiger partial charge in [-0.3, -0.25) is 14.8 Å². The molecule has 1 aromatic heterocycles. The van der Waals surface area contributed by atoms with Gasteiger partial charge in [0, 0.05) is 24.3 Å². The van der Waals surface area contributed by atoms with E-state index in [9.17, 15) is 4.79 Å². The second-order valence-corrected chi connectivity index (χ2v) is 4.19. The summed E-state index contributed by atoms with van der Waals surface area (Å²) in [5.41, 5.74) is 6.19. The van der Waals surface area contributed by atoms with Gasteiger partial charge in [-0.2, -0.15) is 5.10 Å². The van der Waals surface area contributed by atoms with Crippen molar-refractivity contribution in [2.24, 2.45) is 5.73 Å². The third-order valence-electron chi connectivity index (χ3n) is 2.22. The molecule has 0 bridgehead atoms. The summed E-state index contributed by atoms with van der Waals surface area (Å²) in [6.07, 6.45) is 4.58. The highest BCUT2D eigenvalue weighted by molar-refractivity contribution is 5.81. The molecule has 0 aromatic carbocycles. The van der Waals surface area contributed by atoms with E-state index >= 15 is 0 Å². The number of hydrogen-bond donors (Lipinski definition) is 2. The van der Waals surface area contributed by atoms with Crippen molar-refractivity contribution in [3.63, 3.8) is 0 Å². The second-order valence-electron chi connectivity index (χ2n) is 4.19. The van der Waals surface area contributed by atoms with Gasteiger partial charge in [-0.05, 0) is 20.3 Å². The number of aromatic nitrogens is 2. The molecule has 5 nitrogen and oxygen atoms in total. The molecule has 16 heavy (non-hydrogen) atoms. The third kappa shape index (κ3) is 3.34. The van der Waals surface area contributed by atoms with Crippen LogP contribution in [-0.2, 0) is 11.3 Å². The van der Waals surface area contributed by atoms with Gasteiger partial charge in [-0.1, -0.05) is 6.92 Å². The van der Waals surface area contributed by atoms with E-state index in [2.05, 4.69) is 17.3 Å². The fraction of sp³-hybridized carbons (Fsp3) is 0.636. The molecule has 1 aromatic rings. The Bertz CT molecular complexity index is 346. The number of carbonyl (C=O) groups is 1. The zero-order chi connectivity index (χ0) is 12.1. The Morgan fingerprint density at radius 2 is 2.31 bits per heavy atom. The summed E-state index contributed by atoms with van der Waals surface area (Å²) in [6, 6.07) is -0.252. The average molecular weight is 224 g/mol. The lowest BCUT2D eigenvalue weighted by molar-refractivity contribution is -0.120. The minimum atomic E-state index is -0.453. The SMILES string of the molecule is CCCn1cc(C(NC(C)C)C(N)=O)cn1. The Morgan fingerprint density at radius 3 is 2.81 bits per heavy atom. The maximum Gasteiger partial charge on any atom is 0.239 e. The summed E-state index contributed by atoms with van der Waals surface area (Å²) >= 11 is 0. The first kappa shape index (κ1) is 12.7. The maximum absolute atomic E-state index is 11.3. The topological polar surface area (TPSA) is 72.9 Å². The average Bonchev–Trinajstić information content (AvgIpc) is 2.62. The van der Waals surface area contributed by atoms with Crippen LogP contribution in [0.15, 0.2) is 12.4 Å². The molecule has 0 saturated heterocycles. The molecule has 1 heterocycles. The Hall–Kier alpha value is -1.36. The predicted molar refractivity (Wildman–Crippen MR) is 62.7 cm³/mol. The molecule has 0 saturated carbocycles. The maximum atomic E-state index is 11.3. The summed E-state index contributed by atoms with van der Waals surface area (Å²) in [6.45, 7) is 6.89. The fourth-order valence-corrected chi connectivity index (χ4v) is 1.56. The number of nitrogens with two attached hydrogens (primary N) is 1. The molecule has 0 aliphatic heterocycles. The van der Waals surface area contributed by atoms with Crippen LogP contribution in [0.5, 0.6) is 0 Å². The number of nitrogens with one attached hydrogen (secondary N) is 1. The third-order valence-corrected chi connectivity index (χ3v) is 2.22. The van der Waals surface area contributed by atoms with E-state index in [0.29, 0.717) is 0 Å². The molecule has 5 heteroatoms. The van der Waals surface area contributed by atoms with E-state index in [1.54, 1.807) is 6.20 Å². The fourth-order valence-electron chi connectivity index (χ4n) is 1.56. The molecule has 0 fully saturated rings. The lowest BCUT2D eigenvalue weighted by Gasteiger charge is -2.16. The van der Waals surface area contributed by atoms with Crippen LogP contribution in [-0.4, -0.2) is 21.7 Å². The standard InChI is InChI=1S/C11H20N4O/c1-4-5-15-7-9(6-13-15)10(11(12)16)14-8(2)3/h6-8,10,14H,4-5H2,1-3H3,(H2,12,16). The highest BCUT2D eigenvalue weighted by atomic mass is 16.1. The molecular formula is C11H20N4O. The van der Waals surface area contributed by atoms with Gasteiger partial charge in [0.15, 0.2) is 0 Å². The normalized spacial score (nSPS) is 13.0. The number of rotatable bonds is 6. The lowest BCUT2D eigenvalue weighted by atomic mass is 10.1. The van der Waals surface area contributed by atoms with E-state index in [4.69, 9.17) is 5.73 Å². The Labute approximate surface area is 96.0 Å². The number of aryl methyl sites for hydroxylation is 1. The molecule has 0 aliphatic rings. The molecule has 1 rings (SSSR count). The van der Waals surface area contributed by atoms with Crippen molar-refractivity contribution in [1.29, 1.82) is 0 Å². The van der Waals surface area contributed by atoms with Crippen molar-refractivity contribution in [2.75, 3.05) is 0 Å². The van der Waals surface area contributed by atoms with Gasteiger partial charge in [0.05, 0.1) is 6.20 Å². The van der Waals surface area contributed by atoms with Gasteiger partial charge >= 0.3 is 0 Å². The van der Waals surface area contributed by atoms with Gasteiger partial charge in [0.25, 0.3) is 0 Å². The molecular weight excluding hydrogens is 204 g/mol. The van der Waals surface area contributed by atoms with Gasteiger partial charge in [0.1, 0.15) is 6.04 Å². The highest BCUT2D eigenvalue weighted by Crippen LogP contribution is 2.12. The Kier molecular flexibility index (Phi) is 4.49. The first-order valence-corrected chi connectivity index (χ1v) is 5.62. The van der Waals surface area contributed by atoms with E-state index in [-0.39, 0.29) is 11.9 Å². The van der Waals surface area contributed by atoms with Crippen molar-refractivity contribution < 1.29 is 4.79 Å². The van der Waals surface area contributed by atoms with Gasteiger partial charge < -0.3 is 5.73 Å². The summed E-state index contributed by atoms with van der Waals surface area (Å²) < 4.78 is 1.83. The van der Waals surface area contributed by atoms with Crippen LogP contribution in [0.1, 0.15) is 38.8 Å².